The molecule has 0 bridgehead atoms. The number of imidazole rings is 1. The van der Waals surface area contributed by atoms with Gasteiger partial charge in [0.2, 0.25) is 0 Å². The van der Waals surface area contributed by atoms with E-state index in [1.165, 1.54) is 17.8 Å². The average Bonchev–Trinajstić information content (AvgIpc) is 2.86. The van der Waals surface area contributed by atoms with Crippen molar-refractivity contribution in [1.82, 2.24) is 9.38 Å². The molecular formula is C17H14FN3. The lowest BCUT2D eigenvalue weighted by Crippen LogP contribution is -1.94. The average molecular weight is 279 g/mol. The van der Waals surface area contributed by atoms with Gasteiger partial charge < -0.3 is 0 Å². The highest BCUT2D eigenvalue weighted by atomic mass is 19.1. The number of aryl methyl sites for hydroxylation is 1. The molecule has 3 aromatic rings. The molecule has 0 fully saturated rings. The zero-order valence-corrected chi connectivity index (χ0v) is 11.7. The summed E-state index contributed by atoms with van der Waals surface area (Å²) in [6.07, 6.45) is 2.54. The van der Waals surface area contributed by atoms with E-state index in [0.717, 1.165) is 23.4 Å². The van der Waals surface area contributed by atoms with Crippen LogP contribution in [0.15, 0.2) is 42.6 Å². The van der Waals surface area contributed by atoms with Crippen molar-refractivity contribution in [3.63, 3.8) is 0 Å². The van der Waals surface area contributed by atoms with Gasteiger partial charge >= 0.3 is 0 Å². The summed E-state index contributed by atoms with van der Waals surface area (Å²) in [7, 11) is 0. The van der Waals surface area contributed by atoms with Crippen LogP contribution in [0.25, 0.3) is 16.9 Å². The maximum absolute atomic E-state index is 13.4. The van der Waals surface area contributed by atoms with E-state index in [1.54, 1.807) is 10.5 Å². The molecule has 104 valence electrons. The van der Waals surface area contributed by atoms with Gasteiger partial charge in [-0.2, -0.15) is 5.26 Å². The molecule has 0 saturated carbocycles. The Morgan fingerprint density at radius 1 is 1.19 bits per heavy atom. The second kappa shape index (κ2) is 5.37. The molecule has 0 unspecified atom stereocenters. The van der Waals surface area contributed by atoms with Gasteiger partial charge in [0.25, 0.3) is 0 Å². The minimum Gasteiger partial charge on any atom is -0.299 e. The van der Waals surface area contributed by atoms with Gasteiger partial charge in [0, 0.05) is 11.8 Å². The quantitative estimate of drug-likeness (QED) is 0.732. The Morgan fingerprint density at radius 2 is 1.95 bits per heavy atom. The van der Waals surface area contributed by atoms with Crippen LogP contribution in [-0.4, -0.2) is 9.38 Å². The first-order valence-electron chi connectivity index (χ1n) is 6.85. The normalized spacial score (nSPS) is 10.7. The lowest BCUT2D eigenvalue weighted by molar-refractivity contribution is 0.618. The Bertz CT molecular complexity index is 826. The standard InChI is InChI=1S/C17H14FN3/c1-2-12-3-5-13(6-4-12)17-15(9-10-19)21-11-14(18)7-8-16(21)20-17/h3-8,11H,2,9H2,1H3. The molecule has 0 spiro atoms. The van der Waals surface area contributed by atoms with Crippen LogP contribution in [-0.2, 0) is 12.8 Å². The highest BCUT2D eigenvalue weighted by molar-refractivity contribution is 5.67. The molecule has 0 aliphatic rings. The van der Waals surface area contributed by atoms with Gasteiger partial charge in [0.15, 0.2) is 0 Å². The minimum atomic E-state index is -0.341. The van der Waals surface area contributed by atoms with Gasteiger partial charge in [-0.3, -0.25) is 4.40 Å². The number of benzene rings is 1. The van der Waals surface area contributed by atoms with Gasteiger partial charge in [0.1, 0.15) is 11.5 Å². The lowest BCUT2D eigenvalue weighted by Gasteiger charge is -2.03. The van der Waals surface area contributed by atoms with Gasteiger partial charge in [-0.1, -0.05) is 31.2 Å². The van der Waals surface area contributed by atoms with Gasteiger partial charge in [-0.25, -0.2) is 9.37 Å². The summed E-state index contributed by atoms with van der Waals surface area (Å²) >= 11 is 0. The van der Waals surface area contributed by atoms with Gasteiger partial charge in [0.05, 0.1) is 23.9 Å². The number of hydrogen-bond donors (Lipinski definition) is 0. The molecule has 0 N–H and O–H groups in total. The summed E-state index contributed by atoms with van der Waals surface area (Å²) in [5.74, 6) is -0.341. The molecule has 2 aromatic heterocycles. The Hall–Kier alpha value is -2.67. The van der Waals surface area contributed by atoms with E-state index in [2.05, 4.69) is 30.1 Å². The maximum Gasteiger partial charge on any atom is 0.139 e. The van der Waals surface area contributed by atoms with Gasteiger partial charge in [-0.15, -0.1) is 0 Å². The molecule has 0 radical (unpaired) electrons. The van der Waals surface area contributed by atoms with Crippen LogP contribution >= 0.6 is 0 Å². The van der Waals surface area contributed by atoms with E-state index in [4.69, 9.17) is 5.26 Å². The highest BCUT2D eigenvalue weighted by Crippen LogP contribution is 2.25. The number of nitrogens with zero attached hydrogens (tertiary/aromatic N) is 3. The van der Waals surface area contributed by atoms with Crippen molar-refractivity contribution in [1.29, 1.82) is 5.26 Å². The molecule has 0 aliphatic heterocycles. The summed E-state index contributed by atoms with van der Waals surface area (Å²) in [6.45, 7) is 2.10. The number of nitriles is 1. The molecule has 0 amide bonds. The zero-order chi connectivity index (χ0) is 14.8. The Labute approximate surface area is 122 Å². The number of aromatic nitrogens is 2. The smallest absolute Gasteiger partial charge is 0.139 e. The maximum atomic E-state index is 13.4. The van der Waals surface area contributed by atoms with Gasteiger partial charge in [-0.05, 0) is 24.1 Å². The summed E-state index contributed by atoms with van der Waals surface area (Å²) in [4.78, 5) is 4.54. The van der Waals surface area contributed by atoms with Crippen LogP contribution in [0.5, 0.6) is 0 Å². The second-order valence-corrected chi connectivity index (χ2v) is 4.87. The van der Waals surface area contributed by atoms with E-state index in [-0.39, 0.29) is 12.2 Å². The predicted molar refractivity (Wildman–Crippen MR) is 79.3 cm³/mol. The second-order valence-electron chi connectivity index (χ2n) is 4.87. The number of halogens is 1. The van der Waals surface area contributed by atoms with E-state index < -0.39 is 0 Å². The van der Waals surface area contributed by atoms with Crippen LogP contribution < -0.4 is 0 Å². The van der Waals surface area contributed by atoms with E-state index in [0.29, 0.717) is 5.65 Å². The van der Waals surface area contributed by atoms with Crippen molar-refractivity contribution in [2.75, 3.05) is 0 Å². The summed E-state index contributed by atoms with van der Waals surface area (Å²) in [5, 5.41) is 9.04. The fraction of sp³-hybridized carbons (Fsp3) is 0.176. The SMILES string of the molecule is CCc1ccc(-c2nc3ccc(F)cn3c2CC#N)cc1. The third-order valence-electron chi connectivity index (χ3n) is 3.56. The van der Waals surface area contributed by atoms with Crippen LogP contribution in [0.4, 0.5) is 4.39 Å². The molecule has 0 aliphatic carbocycles. The van der Waals surface area contributed by atoms with Crippen LogP contribution in [0.1, 0.15) is 18.2 Å². The molecule has 4 heteroatoms. The Kier molecular flexibility index (Phi) is 3.41. The highest BCUT2D eigenvalue weighted by Gasteiger charge is 2.14. The molecule has 21 heavy (non-hydrogen) atoms. The van der Waals surface area contributed by atoms with Crippen molar-refractivity contribution in [3.8, 4) is 17.3 Å². The molecule has 3 rings (SSSR count). The lowest BCUT2D eigenvalue weighted by atomic mass is 10.1. The largest absolute Gasteiger partial charge is 0.299 e. The Morgan fingerprint density at radius 3 is 2.62 bits per heavy atom. The molecule has 1 aromatic carbocycles. The van der Waals surface area contributed by atoms with Crippen LogP contribution in [0.3, 0.4) is 0 Å². The first-order chi connectivity index (χ1) is 10.2. The fourth-order valence-electron chi connectivity index (χ4n) is 2.44. The van der Waals surface area contributed by atoms with Crippen molar-refractivity contribution >= 4 is 5.65 Å². The molecule has 0 atom stereocenters. The topological polar surface area (TPSA) is 41.1 Å². The number of hydrogen-bond acceptors (Lipinski definition) is 2. The van der Waals surface area contributed by atoms with E-state index in [1.807, 2.05) is 12.1 Å². The first-order valence-corrected chi connectivity index (χ1v) is 6.85. The fourth-order valence-corrected chi connectivity index (χ4v) is 2.44. The number of rotatable bonds is 3. The third-order valence-corrected chi connectivity index (χ3v) is 3.56. The van der Waals surface area contributed by atoms with Crippen molar-refractivity contribution in [2.24, 2.45) is 0 Å². The number of fused-ring (bicyclic) bond motifs is 1. The summed E-state index contributed by atoms with van der Waals surface area (Å²) in [6, 6.07) is 13.2. The van der Waals surface area contributed by atoms with E-state index in [9.17, 15) is 4.39 Å². The summed E-state index contributed by atoms with van der Waals surface area (Å²) < 4.78 is 15.1. The predicted octanol–water partition coefficient (Wildman–Crippen LogP) is 3.77. The molecule has 3 nitrogen and oxygen atoms in total. The summed E-state index contributed by atoms with van der Waals surface area (Å²) in [5.41, 5.74) is 4.30. The zero-order valence-electron chi connectivity index (χ0n) is 11.7. The molecular weight excluding hydrogens is 265 g/mol. The molecule has 0 saturated heterocycles. The Balaban J connectivity index is 2.20. The van der Waals surface area contributed by atoms with Crippen LogP contribution in [0.2, 0.25) is 0 Å². The van der Waals surface area contributed by atoms with Crippen molar-refractivity contribution in [3.05, 3.63) is 59.7 Å². The minimum absolute atomic E-state index is 0.190. The monoisotopic (exact) mass is 279 g/mol. The first kappa shape index (κ1) is 13.3. The molecule has 2 heterocycles. The van der Waals surface area contributed by atoms with Crippen molar-refractivity contribution < 1.29 is 4.39 Å². The number of pyridine rings is 1. The van der Waals surface area contributed by atoms with E-state index >= 15 is 0 Å². The third kappa shape index (κ3) is 2.38. The van der Waals surface area contributed by atoms with Crippen LogP contribution in [0, 0.1) is 17.1 Å². The van der Waals surface area contributed by atoms with Crippen molar-refractivity contribution in [2.45, 2.75) is 19.8 Å².